The van der Waals surface area contributed by atoms with Gasteiger partial charge in [0.1, 0.15) is 29.1 Å². The van der Waals surface area contributed by atoms with Crippen molar-refractivity contribution in [2.75, 3.05) is 4.90 Å². The molecular weight excluding hydrogens is 484 g/mol. The molecule has 0 fully saturated rings. The van der Waals surface area contributed by atoms with Crippen molar-refractivity contribution in [1.29, 1.82) is 0 Å². The Balaban J connectivity index is 1.88. The summed E-state index contributed by atoms with van der Waals surface area (Å²) in [5, 5.41) is 18.5. The van der Waals surface area contributed by atoms with Gasteiger partial charge in [0.25, 0.3) is 5.91 Å². The van der Waals surface area contributed by atoms with Gasteiger partial charge in [-0.1, -0.05) is 11.3 Å². The van der Waals surface area contributed by atoms with Crippen LogP contribution in [0.5, 0.6) is 0 Å². The average molecular weight is 517 g/mol. The first-order chi connectivity index (χ1) is 17.2. The van der Waals surface area contributed by atoms with Crippen LogP contribution in [0.25, 0.3) is 0 Å². The fourth-order valence-electron chi connectivity index (χ4n) is 3.63. The average Bonchev–Trinajstić information content (AvgIpc) is 3.41. The molecule has 14 heteroatoms. The van der Waals surface area contributed by atoms with Gasteiger partial charge < -0.3 is 20.1 Å². The van der Waals surface area contributed by atoms with Crippen molar-refractivity contribution in [2.45, 2.75) is 84.2 Å². The van der Waals surface area contributed by atoms with Crippen molar-refractivity contribution in [3.8, 4) is 0 Å². The highest BCUT2D eigenvalue weighted by Crippen LogP contribution is 2.31. The Hall–Kier alpha value is -4.10. The number of anilines is 1. The second-order valence-corrected chi connectivity index (χ2v) is 10.4. The predicted molar refractivity (Wildman–Crippen MR) is 129 cm³/mol. The number of amides is 3. The van der Waals surface area contributed by atoms with Crippen LogP contribution in [0.4, 0.5) is 10.6 Å². The molecular formula is C23H32N8O6. The normalized spacial score (nSPS) is 15.9. The largest absolute Gasteiger partial charge is 0.460 e. The summed E-state index contributed by atoms with van der Waals surface area (Å²) in [5.41, 5.74) is -0.997. The van der Waals surface area contributed by atoms with Gasteiger partial charge in [-0.05, 0) is 53.2 Å². The lowest BCUT2D eigenvalue weighted by Gasteiger charge is -2.29. The maximum absolute atomic E-state index is 13.8. The van der Waals surface area contributed by atoms with E-state index in [1.165, 1.54) is 11.1 Å². The van der Waals surface area contributed by atoms with Gasteiger partial charge in [0, 0.05) is 12.6 Å². The van der Waals surface area contributed by atoms with Crippen LogP contribution < -0.4 is 15.5 Å². The number of ether oxygens (including phenoxy) is 2. The zero-order valence-corrected chi connectivity index (χ0v) is 21.7. The van der Waals surface area contributed by atoms with Crippen LogP contribution in [0.3, 0.4) is 0 Å². The summed E-state index contributed by atoms with van der Waals surface area (Å²) < 4.78 is 10.7. The van der Waals surface area contributed by atoms with Crippen molar-refractivity contribution < 1.29 is 28.7 Å². The van der Waals surface area contributed by atoms with Crippen LogP contribution in [0.1, 0.15) is 59.4 Å². The Kier molecular flexibility index (Phi) is 8.09. The summed E-state index contributed by atoms with van der Waals surface area (Å²) >= 11 is 0. The quantitative estimate of drug-likeness (QED) is 0.445. The number of nitrogens with zero attached hydrogens (tertiary/aromatic N) is 5. The molecule has 0 aromatic carbocycles. The summed E-state index contributed by atoms with van der Waals surface area (Å²) in [4.78, 5) is 57.7. The lowest BCUT2D eigenvalue weighted by atomic mass is 10.1. The van der Waals surface area contributed by atoms with Crippen LogP contribution >= 0.6 is 0 Å². The van der Waals surface area contributed by atoms with E-state index in [1.54, 1.807) is 53.7 Å². The monoisotopic (exact) mass is 516 g/mol. The molecule has 0 saturated carbocycles. The summed E-state index contributed by atoms with van der Waals surface area (Å²) in [6.07, 6.45) is 0.292. The minimum Gasteiger partial charge on any atom is -0.460 e. The summed E-state index contributed by atoms with van der Waals surface area (Å²) in [5.74, 6) is -1.40. The lowest BCUT2D eigenvalue weighted by molar-refractivity contribution is -0.156. The predicted octanol–water partition coefficient (Wildman–Crippen LogP) is 0.794. The minimum absolute atomic E-state index is 0.0187. The molecule has 2 unspecified atom stereocenters. The third-order valence-corrected chi connectivity index (χ3v) is 4.95. The van der Waals surface area contributed by atoms with Crippen molar-refractivity contribution >= 4 is 29.7 Å². The third kappa shape index (κ3) is 7.69. The Labute approximate surface area is 213 Å². The topological polar surface area (TPSA) is 181 Å². The van der Waals surface area contributed by atoms with E-state index in [4.69, 9.17) is 9.47 Å². The first-order valence-corrected chi connectivity index (χ1v) is 11.7. The highest BCUT2D eigenvalue weighted by molar-refractivity contribution is 6.06. The Morgan fingerprint density at radius 2 is 1.84 bits per heavy atom. The van der Waals surface area contributed by atoms with E-state index in [0.29, 0.717) is 5.56 Å². The molecule has 37 heavy (non-hydrogen) atoms. The molecule has 0 spiro atoms. The number of carbonyl (C=O) groups is 4. The lowest BCUT2D eigenvalue weighted by Crippen LogP contribution is -2.56. The number of hydrogen-bond acceptors (Lipinski definition) is 10. The maximum Gasteiger partial charge on any atom is 0.408 e. The SMILES string of the molecule is CC(C)(C)OC(=O)CC(NC(=O)OC(C)(C)C)C(=O)N1c2ncccc2CC1C(=O)NCc1nn[nH]n1. The molecule has 3 amide bonds. The first-order valence-electron chi connectivity index (χ1n) is 11.7. The molecule has 14 nitrogen and oxygen atoms in total. The van der Waals surface area contributed by atoms with Crippen molar-refractivity contribution in [3.05, 3.63) is 29.7 Å². The van der Waals surface area contributed by atoms with Crippen molar-refractivity contribution in [3.63, 3.8) is 0 Å². The highest BCUT2D eigenvalue weighted by Gasteiger charge is 2.43. The van der Waals surface area contributed by atoms with E-state index in [-0.39, 0.29) is 24.6 Å². The Morgan fingerprint density at radius 1 is 1.14 bits per heavy atom. The molecule has 0 bridgehead atoms. The van der Waals surface area contributed by atoms with E-state index in [2.05, 4.69) is 36.2 Å². The number of pyridine rings is 1. The maximum atomic E-state index is 13.8. The number of tetrazole rings is 1. The fraction of sp³-hybridized carbons (Fsp3) is 0.565. The van der Waals surface area contributed by atoms with E-state index >= 15 is 0 Å². The molecule has 0 aliphatic carbocycles. The number of fused-ring (bicyclic) bond motifs is 1. The molecule has 3 N–H and O–H groups in total. The second-order valence-electron chi connectivity index (χ2n) is 10.4. The standard InChI is InChI=1S/C23H32N8O6/c1-22(2,3)36-17(32)11-14(26-21(35)37-23(4,5)6)20(34)31-15(10-13-8-7-9-24-18(13)31)19(33)25-12-16-27-29-30-28-16/h7-9,14-15H,10-12H2,1-6H3,(H,25,33)(H,26,35)(H,27,28,29,30). The molecule has 3 rings (SSSR count). The fourth-order valence-corrected chi connectivity index (χ4v) is 3.63. The number of aromatic amines is 1. The smallest absolute Gasteiger partial charge is 0.408 e. The number of aromatic nitrogens is 5. The second kappa shape index (κ2) is 10.9. The molecule has 2 aromatic heterocycles. The third-order valence-electron chi connectivity index (χ3n) is 4.95. The molecule has 2 atom stereocenters. The molecule has 3 heterocycles. The minimum atomic E-state index is -1.38. The van der Waals surface area contributed by atoms with Crippen LogP contribution in [0, 0.1) is 0 Å². The van der Waals surface area contributed by atoms with Gasteiger partial charge in [0.2, 0.25) is 5.91 Å². The van der Waals surface area contributed by atoms with E-state index in [1.807, 2.05) is 0 Å². The number of nitrogens with one attached hydrogen (secondary N) is 3. The number of hydrogen-bond donors (Lipinski definition) is 3. The Morgan fingerprint density at radius 3 is 2.46 bits per heavy atom. The zero-order valence-electron chi connectivity index (χ0n) is 21.7. The molecule has 0 radical (unpaired) electrons. The molecule has 200 valence electrons. The van der Waals surface area contributed by atoms with Gasteiger partial charge in [-0.2, -0.15) is 5.21 Å². The number of carbonyl (C=O) groups excluding carboxylic acids is 4. The van der Waals surface area contributed by atoms with Gasteiger partial charge in [-0.15, -0.1) is 10.2 Å². The van der Waals surface area contributed by atoms with Crippen molar-refractivity contribution in [1.82, 2.24) is 36.2 Å². The molecule has 0 saturated heterocycles. The van der Waals surface area contributed by atoms with Crippen molar-refractivity contribution in [2.24, 2.45) is 0 Å². The van der Waals surface area contributed by atoms with Crippen LogP contribution in [0.2, 0.25) is 0 Å². The van der Waals surface area contributed by atoms with Crippen LogP contribution in [-0.4, -0.2) is 72.8 Å². The number of esters is 1. The van der Waals surface area contributed by atoms with Crippen LogP contribution in [-0.2, 0) is 36.8 Å². The number of rotatable bonds is 7. The summed E-state index contributed by atoms with van der Waals surface area (Å²) in [7, 11) is 0. The summed E-state index contributed by atoms with van der Waals surface area (Å²) in [6.45, 7) is 10.1. The van der Waals surface area contributed by atoms with Crippen LogP contribution in [0.15, 0.2) is 18.3 Å². The van der Waals surface area contributed by atoms with Gasteiger partial charge >= 0.3 is 12.1 Å². The van der Waals surface area contributed by atoms with E-state index < -0.39 is 53.6 Å². The zero-order chi connectivity index (χ0) is 27.4. The molecule has 2 aromatic rings. The van der Waals surface area contributed by atoms with E-state index in [0.717, 1.165) is 0 Å². The van der Waals surface area contributed by atoms with Gasteiger partial charge in [0.15, 0.2) is 5.82 Å². The number of H-pyrrole nitrogens is 1. The van der Waals surface area contributed by atoms with Gasteiger partial charge in [-0.25, -0.2) is 9.78 Å². The van der Waals surface area contributed by atoms with Gasteiger partial charge in [0.05, 0.1) is 13.0 Å². The summed E-state index contributed by atoms with van der Waals surface area (Å²) in [6, 6.07) is 1.06. The molecule has 1 aliphatic rings. The highest BCUT2D eigenvalue weighted by atomic mass is 16.6. The number of alkyl carbamates (subject to hydrolysis) is 1. The van der Waals surface area contributed by atoms with E-state index in [9.17, 15) is 19.2 Å². The van der Waals surface area contributed by atoms with Gasteiger partial charge in [-0.3, -0.25) is 19.3 Å². The molecule has 1 aliphatic heterocycles. The Bertz CT molecular complexity index is 1110. The first kappa shape index (κ1) is 27.5.